The summed E-state index contributed by atoms with van der Waals surface area (Å²) in [7, 11) is 1.31. The van der Waals surface area contributed by atoms with E-state index in [1.165, 1.54) is 26.2 Å². The minimum absolute atomic E-state index is 0.0148. The Labute approximate surface area is 139 Å². The summed E-state index contributed by atoms with van der Waals surface area (Å²) in [6, 6.07) is 5.26. The molecule has 0 aliphatic rings. The number of aryl methyl sites for hydroxylation is 1. The fraction of sp³-hybridized carbons (Fsp3) is 0.200. The number of carbonyl (C=O) groups excluding carboxylic acids is 1. The molecule has 0 spiro atoms. The highest BCUT2D eigenvalue weighted by Crippen LogP contribution is 2.30. The zero-order chi connectivity index (χ0) is 18.8. The van der Waals surface area contributed by atoms with Gasteiger partial charge in [0.15, 0.2) is 0 Å². The van der Waals surface area contributed by atoms with Gasteiger partial charge in [0, 0.05) is 12.1 Å². The molecule has 2 rings (SSSR count). The molecule has 0 atom stereocenters. The van der Waals surface area contributed by atoms with Crippen LogP contribution in [0.2, 0.25) is 0 Å². The van der Waals surface area contributed by atoms with E-state index in [1.54, 1.807) is 0 Å². The van der Waals surface area contributed by atoms with Crippen molar-refractivity contribution in [3.63, 3.8) is 0 Å². The average molecular weight is 355 g/mol. The number of hydrogen-bond acceptors (Lipinski definition) is 5. The van der Waals surface area contributed by atoms with Gasteiger partial charge in [0.1, 0.15) is 11.4 Å². The van der Waals surface area contributed by atoms with Crippen LogP contribution in [0.5, 0.6) is 5.75 Å². The number of aromatic nitrogens is 1. The summed E-state index contributed by atoms with van der Waals surface area (Å²) in [4.78, 5) is 25.8. The SMILES string of the molecule is COc1ccc([N+](=O)[O-])cc1NC(=O)c1ccc(C(F)(F)F)nc1C. The normalized spacial score (nSPS) is 11.1. The summed E-state index contributed by atoms with van der Waals surface area (Å²) in [6.07, 6.45) is -4.62. The second kappa shape index (κ2) is 6.75. The van der Waals surface area contributed by atoms with E-state index in [1.807, 2.05) is 0 Å². The van der Waals surface area contributed by atoms with Crippen LogP contribution >= 0.6 is 0 Å². The lowest BCUT2D eigenvalue weighted by Gasteiger charge is -2.12. The Kier molecular flexibility index (Phi) is 4.91. The molecule has 0 unspecified atom stereocenters. The molecule has 10 heteroatoms. The number of nitrogens with zero attached hydrogens (tertiary/aromatic N) is 2. The molecule has 7 nitrogen and oxygen atoms in total. The summed E-state index contributed by atoms with van der Waals surface area (Å²) in [6.45, 7) is 1.26. The first-order valence-electron chi connectivity index (χ1n) is 6.82. The van der Waals surface area contributed by atoms with Crippen molar-refractivity contribution in [3.05, 3.63) is 57.4 Å². The summed E-state index contributed by atoms with van der Waals surface area (Å²) in [5, 5.41) is 13.2. The first-order valence-corrected chi connectivity index (χ1v) is 6.82. The molecule has 0 saturated heterocycles. The van der Waals surface area contributed by atoms with Crippen LogP contribution in [-0.4, -0.2) is 22.9 Å². The molecule has 2 aromatic rings. The number of halogens is 3. The number of anilines is 1. The second-order valence-corrected chi connectivity index (χ2v) is 4.92. The third-order valence-electron chi connectivity index (χ3n) is 3.26. The summed E-state index contributed by atoms with van der Waals surface area (Å²) in [5.74, 6) is -0.603. The van der Waals surface area contributed by atoms with Crippen molar-refractivity contribution in [2.45, 2.75) is 13.1 Å². The predicted octanol–water partition coefficient (Wildman–Crippen LogP) is 3.58. The molecule has 0 aliphatic heterocycles. The number of rotatable bonds is 4. The van der Waals surface area contributed by atoms with E-state index < -0.39 is 22.7 Å². The second-order valence-electron chi connectivity index (χ2n) is 4.92. The molecule has 0 radical (unpaired) electrons. The fourth-order valence-electron chi connectivity index (χ4n) is 2.06. The standard InChI is InChI=1S/C15H12F3N3O4/c1-8-10(4-6-13(19-8)15(16,17)18)14(22)20-11-7-9(21(23)24)3-5-12(11)25-2/h3-7H,1-2H3,(H,20,22). The first-order chi connectivity index (χ1) is 11.6. The van der Waals surface area contributed by atoms with Crippen molar-refractivity contribution < 1.29 is 27.6 Å². The van der Waals surface area contributed by atoms with Crippen molar-refractivity contribution in [2.24, 2.45) is 0 Å². The smallest absolute Gasteiger partial charge is 0.433 e. The number of methoxy groups -OCH3 is 1. The van der Waals surface area contributed by atoms with Crippen molar-refractivity contribution in [3.8, 4) is 5.75 Å². The first kappa shape index (κ1) is 18.2. The van der Waals surface area contributed by atoms with Crippen molar-refractivity contribution in [2.75, 3.05) is 12.4 Å². The monoisotopic (exact) mass is 355 g/mol. The molecule has 1 aromatic carbocycles. The Morgan fingerprint density at radius 3 is 2.48 bits per heavy atom. The Hall–Kier alpha value is -3.17. The Balaban J connectivity index is 2.34. The van der Waals surface area contributed by atoms with Crippen molar-refractivity contribution in [1.29, 1.82) is 0 Å². The number of hydrogen-bond donors (Lipinski definition) is 1. The topological polar surface area (TPSA) is 94.4 Å². The molecule has 1 heterocycles. The quantitative estimate of drug-likeness (QED) is 0.668. The zero-order valence-corrected chi connectivity index (χ0v) is 13.0. The average Bonchev–Trinajstić information content (AvgIpc) is 2.53. The van der Waals surface area contributed by atoms with Crippen LogP contribution in [0.25, 0.3) is 0 Å². The van der Waals surface area contributed by atoms with Crippen LogP contribution in [0.3, 0.4) is 0 Å². The van der Waals surface area contributed by atoms with E-state index in [9.17, 15) is 28.1 Å². The third-order valence-corrected chi connectivity index (χ3v) is 3.26. The maximum absolute atomic E-state index is 12.6. The summed E-state index contributed by atoms with van der Waals surface area (Å²) < 4.78 is 42.9. The summed E-state index contributed by atoms with van der Waals surface area (Å²) in [5.41, 5.74) is -1.60. The van der Waals surface area contributed by atoms with Gasteiger partial charge in [0.2, 0.25) is 0 Å². The Morgan fingerprint density at radius 2 is 1.96 bits per heavy atom. The molecule has 0 bridgehead atoms. The number of pyridine rings is 1. The number of nitrogens with one attached hydrogen (secondary N) is 1. The number of benzene rings is 1. The van der Waals surface area contributed by atoms with E-state index in [0.717, 1.165) is 12.1 Å². The van der Waals surface area contributed by atoms with Gasteiger partial charge in [-0.15, -0.1) is 0 Å². The molecular formula is C15H12F3N3O4. The van der Waals surface area contributed by atoms with Gasteiger partial charge < -0.3 is 10.1 Å². The van der Waals surface area contributed by atoms with Crippen LogP contribution in [0.4, 0.5) is 24.5 Å². The lowest BCUT2D eigenvalue weighted by Crippen LogP contribution is -2.17. The van der Waals surface area contributed by atoms with Gasteiger partial charge in [-0.3, -0.25) is 14.9 Å². The molecule has 0 fully saturated rings. The fourth-order valence-corrected chi connectivity index (χ4v) is 2.06. The van der Waals surface area contributed by atoms with Crippen LogP contribution in [-0.2, 0) is 6.18 Å². The van der Waals surface area contributed by atoms with Crippen LogP contribution in [0.15, 0.2) is 30.3 Å². The van der Waals surface area contributed by atoms with Gasteiger partial charge in [0.25, 0.3) is 11.6 Å². The van der Waals surface area contributed by atoms with Gasteiger partial charge in [-0.25, -0.2) is 4.98 Å². The molecule has 1 N–H and O–H groups in total. The molecule has 0 aliphatic carbocycles. The van der Waals surface area contributed by atoms with Gasteiger partial charge in [-0.2, -0.15) is 13.2 Å². The van der Waals surface area contributed by atoms with E-state index >= 15 is 0 Å². The van der Waals surface area contributed by atoms with Gasteiger partial charge in [0.05, 0.1) is 29.0 Å². The van der Waals surface area contributed by atoms with Crippen molar-refractivity contribution >= 4 is 17.3 Å². The van der Waals surface area contributed by atoms with Crippen LogP contribution < -0.4 is 10.1 Å². The van der Waals surface area contributed by atoms with Gasteiger partial charge >= 0.3 is 6.18 Å². The molecular weight excluding hydrogens is 343 g/mol. The van der Waals surface area contributed by atoms with E-state index in [0.29, 0.717) is 6.07 Å². The minimum atomic E-state index is -4.62. The van der Waals surface area contributed by atoms with Crippen LogP contribution in [0.1, 0.15) is 21.7 Å². The molecule has 1 aromatic heterocycles. The Bertz CT molecular complexity index is 837. The highest BCUT2D eigenvalue weighted by molar-refractivity contribution is 6.05. The largest absolute Gasteiger partial charge is 0.495 e. The number of ether oxygens (including phenoxy) is 1. The number of amides is 1. The number of alkyl halides is 3. The lowest BCUT2D eigenvalue weighted by atomic mass is 10.1. The molecule has 1 amide bonds. The maximum Gasteiger partial charge on any atom is 0.433 e. The van der Waals surface area contributed by atoms with E-state index in [2.05, 4.69) is 10.3 Å². The van der Waals surface area contributed by atoms with E-state index in [-0.39, 0.29) is 28.4 Å². The molecule has 0 saturated carbocycles. The minimum Gasteiger partial charge on any atom is -0.495 e. The molecule has 132 valence electrons. The zero-order valence-electron chi connectivity index (χ0n) is 13.0. The number of non-ortho nitro benzene ring substituents is 1. The number of carbonyl (C=O) groups is 1. The highest BCUT2D eigenvalue weighted by Gasteiger charge is 2.33. The van der Waals surface area contributed by atoms with Crippen molar-refractivity contribution in [1.82, 2.24) is 4.98 Å². The number of nitro groups is 1. The molecule has 25 heavy (non-hydrogen) atoms. The van der Waals surface area contributed by atoms with Gasteiger partial charge in [-0.05, 0) is 25.1 Å². The van der Waals surface area contributed by atoms with Gasteiger partial charge in [-0.1, -0.05) is 0 Å². The lowest BCUT2D eigenvalue weighted by molar-refractivity contribution is -0.384. The van der Waals surface area contributed by atoms with Crippen LogP contribution in [0, 0.1) is 17.0 Å². The number of nitro benzene ring substituents is 1. The highest BCUT2D eigenvalue weighted by atomic mass is 19.4. The maximum atomic E-state index is 12.6. The predicted molar refractivity (Wildman–Crippen MR) is 81.6 cm³/mol. The summed E-state index contributed by atoms with van der Waals surface area (Å²) >= 11 is 0. The third kappa shape index (κ3) is 4.03. The van der Waals surface area contributed by atoms with E-state index in [4.69, 9.17) is 4.74 Å². The Morgan fingerprint density at radius 1 is 1.28 bits per heavy atom.